The van der Waals surface area contributed by atoms with Crippen LogP contribution in [0.4, 0.5) is 15.6 Å². The first-order chi connectivity index (χ1) is 13.6. The lowest BCUT2D eigenvalue weighted by Crippen LogP contribution is -2.35. The van der Waals surface area contributed by atoms with E-state index in [2.05, 4.69) is 20.9 Å². The summed E-state index contributed by atoms with van der Waals surface area (Å²) in [5.74, 6) is -0.221. The van der Waals surface area contributed by atoms with Crippen molar-refractivity contribution < 1.29 is 18.0 Å². The minimum absolute atomic E-state index is 0.00209. The van der Waals surface area contributed by atoms with Gasteiger partial charge in [-0.1, -0.05) is 11.3 Å². The summed E-state index contributed by atoms with van der Waals surface area (Å²) >= 11 is 1.28. The summed E-state index contributed by atoms with van der Waals surface area (Å²) in [6, 6.07) is 5.74. The second-order valence-corrected chi connectivity index (χ2v) is 9.96. The highest BCUT2D eigenvalue weighted by molar-refractivity contribution is 7.89. The number of urea groups is 1. The molecule has 3 N–H and O–H groups in total. The minimum atomic E-state index is -3.68. The Morgan fingerprint density at radius 2 is 1.86 bits per heavy atom. The van der Waals surface area contributed by atoms with Crippen LogP contribution in [-0.2, 0) is 27.8 Å². The fourth-order valence-electron chi connectivity index (χ4n) is 2.89. The Bertz CT molecular complexity index is 1020. The van der Waals surface area contributed by atoms with Gasteiger partial charge < -0.3 is 10.6 Å². The van der Waals surface area contributed by atoms with E-state index in [1.165, 1.54) is 34.7 Å². The van der Waals surface area contributed by atoms with Crippen molar-refractivity contribution in [1.82, 2.24) is 14.6 Å². The normalized spacial score (nSPS) is 14.3. The highest BCUT2D eigenvalue weighted by Gasteiger charge is 2.30. The van der Waals surface area contributed by atoms with Crippen LogP contribution >= 0.6 is 11.3 Å². The van der Waals surface area contributed by atoms with E-state index in [0.29, 0.717) is 23.8 Å². The molecule has 2 aromatic rings. The first kappa shape index (κ1) is 21.2. The van der Waals surface area contributed by atoms with Crippen molar-refractivity contribution in [1.29, 1.82) is 0 Å². The van der Waals surface area contributed by atoms with Gasteiger partial charge >= 0.3 is 6.03 Å². The Balaban J connectivity index is 1.72. The molecule has 156 valence electrons. The van der Waals surface area contributed by atoms with Crippen LogP contribution in [0.2, 0.25) is 0 Å². The molecule has 0 radical (unpaired) electrons. The average molecular weight is 438 g/mol. The van der Waals surface area contributed by atoms with Gasteiger partial charge in [0.1, 0.15) is 0 Å². The summed E-state index contributed by atoms with van der Waals surface area (Å²) in [5, 5.41) is 8.48. The molecule has 1 aliphatic rings. The van der Waals surface area contributed by atoms with E-state index in [-0.39, 0.29) is 29.4 Å². The number of carbonyl (C=O) groups is 2. The van der Waals surface area contributed by atoms with Crippen LogP contribution in [0.25, 0.3) is 0 Å². The molecule has 1 aromatic carbocycles. The Labute approximate surface area is 173 Å². The first-order valence-electron chi connectivity index (χ1n) is 9.09. The average Bonchev–Trinajstić information content (AvgIpc) is 3.02. The molecule has 0 aliphatic carbocycles. The van der Waals surface area contributed by atoms with Gasteiger partial charge in [-0.3, -0.25) is 10.1 Å². The summed E-state index contributed by atoms with van der Waals surface area (Å²) in [6.45, 7) is 5.62. The molecule has 0 fully saturated rings. The second-order valence-electron chi connectivity index (χ2n) is 6.94. The van der Waals surface area contributed by atoms with Crippen LogP contribution in [0.1, 0.15) is 31.3 Å². The zero-order valence-electron chi connectivity index (χ0n) is 16.4. The number of rotatable bonds is 5. The summed E-state index contributed by atoms with van der Waals surface area (Å²) in [4.78, 5) is 28.3. The zero-order valence-corrected chi connectivity index (χ0v) is 18.0. The van der Waals surface area contributed by atoms with Gasteiger partial charge in [0, 0.05) is 36.5 Å². The predicted octanol–water partition coefficient (Wildman–Crippen LogP) is 2.38. The summed E-state index contributed by atoms with van der Waals surface area (Å²) in [7, 11) is -3.68. The van der Waals surface area contributed by atoms with Crippen molar-refractivity contribution in [3.05, 3.63) is 34.8 Å². The van der Waals surface area contributed by atoms with Crippen LogP contribution in [0.3, 0.4) is 0 Å². The van der Waals surface area contributed by atoms with Crippen LogP contribution in [0, 0.1) is 0 Å². The van der Waals surface area contributed by atoms with Crippen molar-refractivity contribution in [2.75, 3.05) is 17.2 Å². The van der Waals surface area contributed by atoms with Gasteiger partial charge in [0.05, 0.1) is 17.1 Å². The SMILES string of the molecule is CC(=O)Nc1ccc(S(=O)(=O)N2CCc3nc(NC(=O)NC(C)C)sc3C2)cc1. The highest BCUT2D eigenvalue weighted by atomic mass is 32.2. The van der Waals surface area contributed by atoms with Gasteiger partial charge in [-0.25, -0.2) is 18.2 Å². The number of nitrogens with zero attached hydrogens (tertiary/aromatic N) is 2. The fraction of sp³-hybridized carbons (Fsp3) is 0.389. The van der Waals surface area contributed by atoms with Crippen LogP contribution in [0.15, 0.2) is 29.2 Å². The quantitative estimate of drug-likeness (QED) is 0.663. The summed E-state index contributed by atoms with van der Waals surface area (Å²) in [6.07, 6.45) is 0.475. The molecule has 3 rings (SSSR count). The highest BCUT2D eigenvalue weighted by Crippen LogP contribution is 2.31. The number of carbonyl (C=O) groups excluding carboxylic acids is 2. The van der Waals surface area contributed by atoms with Crippen LogP contribution < -0.4 is 16.0 Å². The molecule has 9 nitrogen and oxygen atoms in total. The second kappa shape index (κ2) is 8.47. The molecule has 2 heterocycles. The lowest BCUT2D eigenvalue weighted by atomic mass is 10.2. The topological polar surface area (TPSA) is 120 Å². The standard InChI is InChI=1S/C18H23N5O4S2/c1-11(2)19-17(25)22-18-21-15-8-9-23(10-16(15)28-18)29(26,27)14-6-4-13(5-7-14)20-12(3)24/h4-7,11H,8-10H2,1-3H3,(H,20,24)(H2,19,21,22,25). The molecule has 11 heteroatoms. The maximum Gasteiger partial charge on any atom is 0.321 e. The first-order valence-corrected chi connectivity index (χ1v) is 11.3. The predicted molar refractivity (Wildman–Crippen MR) is 111 cm³/mol. The number of aromatic nitrogens is 1. The molecule has 0 bridgehead atoms. The number of fused-ring (bicyclic) bond motifs is 1. The van der Waals surface area contributed by atoms with Gasteiger partial charge in [-0.15, -0.1) is 0 Å². The van der Waals surface area contributed by atoms with Crippen LogP contribution in [0.5, 0.6) is 0 Å². The number of hydrogen-bond acceptors (Lipinski definition) is 6. The third-order valence-corrected chi connectivity index (χ3v) is 7.01. The minimum Gasteiger partial charge on any atom is -0.336 e. The number of anilines is 2. The molecule has 0 saturated carbocycles. The lowest BCUT2D eigenvalue weighted by molar-refractivity contribution is -0.114. The molecule has 0 spiro atoms. The largest absolute Gasteiger partial charge is 0.336 e. The number of thiazole rings is 1. The van der Waals surface area contributed by atoms with Crippen molar-refractivity contribution in [2.45, 2.75) is 44.7 Å². The van der Waals surface area contributed by atoms with Gasteiger partial charge in [-0.05, 0) is 38.1 Å². The van der Waals surface area contributed by atoms with E-state index in [0.717, 1.165) is 10.6 Å². The third kappa shape index (κ3) is 5.11. The number of amides is 3. The molecular formula is C18H23N5O4S2. The van der Waals surface area contributed by atoms with Gasteiger partial charge in [0.15, 0.2) is 5.13 Å². The Morgan fingerprint density at radius 1 is 1.17 bits per heavy atom. The third-order valence-electron chi connectivity index (χ3n) is 4.15. The summed E-state index contributed by atoms with van der Waals surface area (Å²) < 4.78 is 27.4. The summed E-state index contributed by atoms with van der Waals surface area (Å²) in [5.41, 5.74) is 1.34. The number of hydrogen-bond donors (Lipinski definition) is 3. The fourth-order valence-corrected chi connectivity index (χ4v) is 5.40. The maximum absolute atomic E-state index is 13.0. The van der Waals surface area contributed by atoms with E-state index in [1.807, 2.05) is 13.8 Å². The number of sulfonamides is 1. The zero-order chi connectivity index (χ0) is 21.2. The maximum atomic E-state index is 13.0. The van der Waals surface area contributed by atoms with Crippen LogP contribution in [-0.4, -0.2) is 42.2 Å². The molecule has 3 amide bonds. The Morgan fingerprint density at radius 3 is 2.48 bits per heavy atom. The van der Waals surface area contributed by atoms with Gasteiger partial charge in [0.2, 0.25) is 15.9 Å². The number of benzene rings is 1. The molecule has 29 heavy (non-hydrogen) atoms. The van der Waals surface area contributed by atoms with Crippen molar-refractivity contribution >= 4 is 44.1 Å². The van der Waals surface area contributed by atoms with E-state index in [9.17, 15) is 18.0 Å². The van der Waals surface area contributed by atoms with Crippen molar-refractivity contribution in [2.24, 2.45) is 0 Å². The van der Waals surface area contributed by atoms with Gasteiger partial charge in [0.25, 0.3) is 0 Å². The Kier molecular flexibility index (Phi) is 6.20. The van der Waals surface area contributed by atoms with E-state index >= 15 is 0 Å². The number of nitrogens with one attached hydrogen (secondary N) is 3. The van der Waals surface area contributed by atoms with Gasteiger partial charge in [-0.2, -0.15) is 4.31 Å². The molecule has 0 unspecified atom stereocenters. The molecular weight excluding hydrogens is 414 g/mol. The molecule has 0 saturated heterocycles. The van der Waals surface area contributed by atoms with Crippen molar-refractivity contribution in [3.63, 3.8) is 0 Å². The Hall–Kier alpha value is -2.50. The van der Waals surface area contributed by atoms with E-state index < -0.39 is 10.0 Å². The van der Waals surface area contributed by atoms with E-state index in [4.69, 9.17) is 0 Å². The monoisotopic (exact) mass is 437 g/mol. The molecule has 1 aliphatic heterocycles. The van der Waals surface area contributed by atoms with Crippen molar-refractivity contribution in [3.8, 4) is 0 Å². The smallest absolute Gasteiger partial charge is 0.321 e. The lowest BCUT2D eigenvalue weighted by Gasteiger charge is -2.25. The molecule has 1 aromatic heterocycles. The molecule has 0 atom stereocenters. The van der Waals surface area contributed by atoms with E-state index in [1.54, 1.807) is 12.1 Å².